The maximum Gasteiger partial charge on any atom is 0.241 e. The number of hydrogen-bond acceptors (Lipinski definition) is 3. The third-order valence-corrected chi connectivity index (χ3v) is 4.77. The summed E-state index contributed by atoms with van der Waals surface area (Å²) in [6.45, 7) is 1.90. The van der Waals surface area contributed by atoms with Crippen molar-refractivity contribution >= 4 is 33.2 Å². The van der Waals surface area contributed by atoms with Crippen LogP contribution < -0.4 is 9.62 Å². The lowest BCUT2D eigenvalue weighted by Gasteiger charge is -2.22. The minimum absolute atomic E-state index is 0.268. The molecule has 24 heavy (non-hydrogen) atoms. The highest BCUT2D eigenvalue weighted by Gasteiger charge is 2.20. The van der Waals surface area contributed by atoms with E-state index in [1.54, 1.807) is 42.5 Å². The van der Waals surface area contributed by atoms with Crippen molar-refractivity contribution < 1.29 is 13.2 Å². The SMILES string of the molecule is Cc1cccc(N(CC(=O)NCc2ccc(Cl)cc2)S(C)(=O)=O)c1. The van der Waals surface area contributed by atoms with Gasteiger partial charge >= 0.3 is 0 Å². The Bertz CT molecular complexity index is 820. The van der Waals surface area contributed by atoms with Gasteiger partial charge in [0, 0.05) is 11.6 Å². The maximum absolute atomic E-state index is 12.2. The largest absolute Gasteiger partial charge is 0.350 e. The van der Waals surface area contributed by atoms with Crippen molar-refractivity contribution in [3.05, 3.63) is 64.7 Å². The molecule has 0 unspecified atom stereocenters. The Hall–Kier alpha value is -2.05. The van der Waals surface area contributed by atoms with Crippen LogP contribution in [-0.2, 0) is 21.4 Å². The van der Waals surface area contributed by atoms with Crippen LogP contribution in [0.4, 0.5) is 5.69 Å². The number of halogens is 1. The van der Waals surface area contributed by atoms with Crippen molar-refractivity contribution in [2.75, 3.05) is 17.1 Å². The Kier molecular flexibility index (Phi) is 5.85. The average molecular weight is 367 g/mol. The molecule has 0 aromatic heterocycles. The number of rotatable bonds is 6. The molecule has 0 fully saturated rings. The molecular formula is C17H19ClN2O3S. The number of benzene rings is 2. The molecule has 0 aliphatic carbocycles. The van der Waals surface area contributed by atoms with Gasteiger partial charge in [0.2, 0.25) is 15.9 Å². The zero-order valence-corrected chi connectivity index (χ0v) is 15.1. The first-order valence-electron chi connectivity index (χ1n) is 7.31. The van der Waals surface area contributed by atoms with E-state index in [9.17, 15) is 13.2 Å². The van der Waals surface area contributed by atoms with Crippen molar-refractivity contribution in [1.82, 2.24) is 5.32 Å². The van der Waals surface area contributed by atoms with E-state index >= 15 is 0 Å². The van der Waals surface area contributed by atoms with Gasteiger partial charge < -0.3 is 5.32 Å². The highest BCUT2D eigenvalue weighted by Crippen LogP contribution is 2.18. The summed E-state index contributed by atoms with van der Waals surface area (Å²) >= 11 is 5.81. The minimum atomic E-state index is -3.56. The highest BCUT2D eigenvalue weighted by atomic mass is 35.5. The molecule has 0 spiro atoms. The number of carbonyl (C=O) groups is 1. The molecule has 2 aromatic rings. The molecule has 1 amide bonds. The second-order valence-electron chi connectivity index (χ2n) is 5.51. The fourth-order valence-corrected chi connectivity index (χ4v) is 3.15. The first-order valence-corrected chi connectivity index (χ1v) is 9.54. The minimum Gasteiger partial charge on any atom is -0.350 e. The molecule has 0 bridgehead atoms. The summed E-state index contributed by atoms with van der Waals surface area (Å²) in [6.07, 6.45) is 1.09. The van der Waals surface area contributed by atoms with Gasteiger partial charge in [-0.1, -0.05) is 35.9 Å². The van der Waals surface area contributed by atoms with E-state index in [1.165, 1.54) is 0 Å². The van der Waals surface area contributed by atoms with Crippen LogP contribution in [0.1, 0.15) is 11.1 Å². The zero-order valence-electron chi connectivity index (χ0n) is 13.5. The summed E-state index contributed by atoms with van der Waals surface area (Å²) < 4.78 is 25.1. The van der Waals surface area contributed by atoms with Crippen LogP contribution in [0.15, 0.2) is 48.5 Å². The third kappa shape index (κ3) is 5.25. The maximum atomic E-state index is 12.2. The van der Waals surface area contributed by atoms with Gasteiger partial charge in [0.1, 0.15) is 6.54 Å². The lowest BCUT2D eigenvalue weighted by atomic mass is 10.2. The van der Waals surface area contributed by atoms with E-state index in [0.717, 1.165) is 21.7 Å². The third-order valence-electron chi connectivity index (χ3n) is 3.38. The van der Waals surface area contributed by atoms with Gasteiger partial charge in [-0.05, 0) is 42.3 Å². The zero-order chi connectivity index (χ0) is 17.7. The lowest BCUT2D eigenvalue weighted by molar-refractivity contribution is -0.119. The van der Waals surface area contributed by atoms with Gasteiger partial charge in [-0.2, -0.15) is 0 Å². The van der Waals surface area contributed by atoms with E-state index in [2.05, 4.69) is 5.32 Å². The molecule has 2 aromatic carbocycles. The summed E-state index contributed by atoms with van der Waals surface area (Å²) in [4.78, 5) is 12.2. The molecule has 2 rings (SSSR count). The summed E-state index contributed by atoms with van der Waals surface area (Å²) in [5.41, 5.74) is 2.27. The van der Waals surface area contributed by atoms with Crippen molar-refractivity contribution in [2.45, 2.75) is 13.5 Å². The number of sulfonamides is 1. The van der Waals surface area contributed by atoms with Gasteiger partial charge in [0.25, 0.3) is 0 Å². The van der Waals surface area contributed by atoms with Crippen molar-refractivity contribution in [2.24, 2.45) is 0 Å². The predicted molar refractivity (Wildman–Crippen MR) is 96.7 cm³/mol. The number of nitrogens with one attached hydrogen (secondary N) is 1. The van der Waals surface area contributed by atoms with Gasteiger partial charge in [-0.3, -0.25) is 9.10 Å². The van der Waals surface area contributed by atoms with Crippen LogP contribution in [0.3, 0.4) is 0 Å². The molecule has 0 saturated carbocycles. The summed E-state index contributed by atoms with van der Waals surface area (Å²) in [5.74, 6) is -0.378. The standard InChI is InChI=1S/C17H19ClN2O3S/c1-13-4-3-5-16(10-13)20(24(2,22)23)12-17(21)19-11-14-6-8-15(18)9-7-14/h3-10H,11-12H2,1-2H3,(H,19,21). The van der Waals surface area contributed by atoms with Crippen LogP contribution in [-0.4, -0.2) is 27.1 Å². The predicted octanol–water partition coefficient (Wildman–Crippen LogP) is 2.73. The van der Waals surface area contributed by atoms with Gasteiger partial charge in [0.15, 0.2) is 0 Å². The molecule has 0 aliphatic heterocycles. The Morgan fingerprint density at radius 1 is 1.17 bits per heavy atom. The number of carbonyl (C=O) groups excluding carboxylic acids is 1. The number of nitrogens with zero attached hydrogens (tertiary/aromatic N) is 1. The molecule has 0 radical (unpaired) electrons. The molecule has 7 heteroatoms. The molecule has 0 atom stereocenters. The average Bonchev–Trinajstić information content (AvgIpc) is 2.51. The lowest BCUT2D eigenvalue weighted by Crippen LogP contribution is -2.40. The Morgan fingerprint density at radius 3 is 2.42 bits per heavy atom. The first-order chi connectivity index (χ1) is 11.3. The van der Waals surface area contributed by atoms with E-state index in [4.69, 9.17) is 11.6 Å². The molecule has 0 aliphatic rings. The Balaban J connectivity index is 2.06. The van der Waals surface area contributed by atoms with Crippen LogP contribution in [0.2, 0.25) is 5.02 Å². The van der Waals surface area contributed by atoms with Crippen molar-refractivity contribution in [3.63, 3.8) is 0 Å². The quantitative estimate of drug-likeness (QED) is 0.854. The van der Waals surface area contributed by atoms with Crippen LogP contribution in [0, 0.1) is 6.92 Å². The number of hydrogen-bond donors (Lipinski definition) is 1. The molecule has 1 N–H and O–H groups in total. The normalized spacial score (nSPS) is 11.1. The first kappa shape index (κ1) is 18.3. The van der Waals surface area contributed by atoms with Crippen LogP contribution >= 0.6 is 11.6 Å². The number of aryl methyl sites for hydroxylation is 1. The number of amides is 1. The van der Waals surface area contributed by atoms with E-state index in [-0.39, 0.29) is 12.5 Å². The summed E-state index contributed by atoms with van der Waals surface area (Å²) in [7, 11) is -3.56. The Morgan fingerprint density at radius 2 is 1.83 bits per heavy atom. The topological polar surface area (TPSA) is 66.5 Å². The van der Waals surface area contributed by atoms with Crippen molar-refractivity contribution in [1.29, 1.82) is 0 Å². The second-order valence-corrected chi connectivity index (χ2v) is 7.86. The number of anilines is 1. The summed E-state index contributed by atoms with van der Waals surface area (Å²) in [6, 6.07) is 14.1. The fraction of sp³-hybridized carbons (Fsp3) is 0.235. The highest BCUT2D eigenvalue weighted by molar-refractivity contribution is 7.92. The van der Waals surface area contributed by atoms with Gasteiger partial charge in [-0.15, -0.1) is 0 Å². The molecule has 128 valence electrons. The van der Waals surface area contributed by atoms with Gasteiger partial charge in [0.05, 0.1) is 11.9 Å². The van der Waals surface area contributed by atoms with E-state index in [0.29, 0.717) is 17.3 Å². The molecular weight excluding hydrogens is 348 g/mol. The second kappa shape index (κ2) is 7.68. The van der Waals surface area contributed by atoms with Crippen molar-refractivity contribution in [3.8, 4) is 0 Å². The monoisotopic (exact) mass is 366 g/mol. The van der Waals surface area contributed by atoms with E-state index < -0.39 is 10.0 Å². The molecule has 5 nitrogen and oxygen atoms in total. The fourth-order valence-electron chi connectivity index (χ4n) is 2.17. The summed E-state index contributed by atoms with van der Waals surface area (Å²) in [5, 5.41) is 3.34. The Labute approximate surface area is 147 Å². The van der Waals surface area contributed by atoms with Gasteiger partial charge in [-0.25, -0.2) is 8.42 Å². The molecule has 0 saturated heterocycles. The van der Waals surface area contributed by atoms with E-state index in [1.807, 2.05) is 13.0 Å². The van der Waals surface area contributed by atoms with Crippen LogP contribution in [0.5, 0.6) is 0 Å². The van der Waals surface area contributed by atoms with Crippen LogP contribution in [0.25, 0.3) is 0 Å². The smallest absolute Gasteiger partial charge is 0.241 e. The molecule has 0 heterocycles.